The number of ether oxygens (including phenoxy) is 1. The summed E-state index contributed by atoms with van der Waals surface area (Å²) in [4.78, 5) is 0. The van der Waals surface area contributed by atoms with E-state index in [0.717, 1.165) is 47.8 Å². The highest BCUT2D eigenvalue weighted by atomic mass is 28.3. The minimum atomic E-state index is -1.71. The Labute approximate surface area is 249 Å². The van der Waals surface area contributed by atoms with Crippen molar-refractivity contribution < 1.29 is 4.74 Å². The summed E-state index contributed by atoms with van der Waals surface area (Å²) in [6, 6.07) is 2.99. The lowest BCUT2D eigenvalue weighted by molar-refractivity contribution is -0.00471. The van der Waals surface area contributed by atoms with Crippen LogP contribution in [0.15, 0.2) is 72.4 Å². The summed E-state index contributed by atoms with van der Waals surface area (Å²) in [5, 5.41) is 0. The van der Waals surface area contributed by atoms with Crippen molar-refractivity contribution in [1.82, 2.24) is 0 Å². The molecule has 0 aromatic rings. The molecule has 5 aliphatic rings. The summed E-state index contributed by atoms with van der Waals surface area (Å²) in [7, 11) is -2.84. The van der Waals surface area contributed by atoms with Gasteiger partial charge in [-0.1, -0.05) is 130 Å². The van der Waals surface area contributed by atoms with Gasteiger partial charge in [-0.2, -0.15) is 0 Å². The van der Waals surface area contributed by atoms with E-state index in [4.69, 9.17) is 4.74 Å². The molecule has 5 aliphatic carbocycles. The summed E-state index contributed by atoms with van der Waals surface area (Å²) < 4.78 is 6.04. The van der Waals surface area contributed by atoms with Crippen LogP contribution in [-0.2, 0) is 4.74 Å². The van der Waals surface area contributed by atoms with Crippen molar-refractivity contribution in [2.75, 3.05) is 6.61 Å². The van der Waals surface area contributed by atoms with E-state index >= 15 is 0 Å². The molecule has 0 N–H and O–H groups in total. The second kappa shape index (κ2) is 12.2. The fourth-order valence-electron chi connectivity index (χ4n) is 9.53. The van der Waals surface area contributed by atoms with Gasteiger partial charge in [0, 0.05) is 20.6 Å². The first-order valence-electron chi connectivity index (χ1n) is 16.7. The second-order valence-electron chi connectivity index (χ2n) is 16.2. The number of hydrogen-bond donors (Lipinski definition) is 0. The fourth-order valence-corrected chi connectivity index (χ4v) is 18.0. The first-order chi connectivity index (χ1) is 19.0. The number of rotatable bonds is 11. The minimum absolute atomic E-state index is 0.0153. The fraction of sp³-hybridized carbons (Fsp3) is 0.676. The molecule has 40 heavy (non-hydrogen) atoms. The molecule has 220 valence electrons. The molecule has 8 atom stereocenters. The van der Waals surface area contributed by atoms with Gasteiger partial charge in [0.05, 0.1) is 13.7 Å². The number of hydrogen-bond acceptors (Lipinski definition) is 1. The van der Waals surface area contributed by atoms with Crippen LogP contribution in [0.1, 0.15) is 59.3 Å². The maximum Gasteiger partial charge on any atom is 0.0621 e. The van der Waals surface area contributed by atoms with Crippen LogP contribution in [0.4, 0.5) is 0 Å². The first kappa shape index (κ1) is 30.3. The zero-order valence-electron chi connectivity index (χ0n) is 26.7. The summed E-state index contributed by atoms with van der Waals surface area (Å²) in [5.74, 6) is 4.42. The SMILES string of the molecule is CC(C)(C)OCCCCCC[Si](C)(C1CC(C[Si](C)(C)C)C2C=CCC=C21)C1C2C=CC=CC2C2C=CC=CC21. The Morgan fingerprint density at radius 3 is 1.98 bits per heavy atom. The molecule has 0 aromatic heterocycles. The normalized spacial score (nSPS) is 35.8. The highest BCUT2D eigenvalue weighted by Crippen LogP contribution is 2.65. The summed E-state index contributed by atoms with van der Waals surface area (Å²) in [6.45, 7) is 18.1. The zero-order chi connectivity index (χ0) is 28.5. The summed E-state index contributed by atoms with van der Waals surface area (Å²) in [5.41, 5.74) is 3.58. The highest BCUT2D eigenvalue weighted by Gasteiger charge is 2.59. The largest absolute Gasteiger partial charge is 0.376 e. The van der Waals surface area contributed by atoms with Crippen molar-refractivity contribution in [3.63, 3.8) is 0 Å². The third-order valence-electron chi connectivity index (χ3n) is 11.0. The van der Waals surface area contributed by atoms with Crippen LogP contribution in [0.3, 0.4) is 0 Å². The van der Waals surface area contributed by atoms with E-state index in [0.29, 0.717) is 11.8 Å². The molecule has 0 aliphatic heterocycles. The smallest absolute Gasteiger partial charge is 0.0621 e. The molecule has 3 heteroatoms. The monoisotopic (exact) mass is 574 g/mol. The van der Waals surface area contributed by atoms with E-state index in [1.807, 2.05) is 5.57 Å². The number of allylic oxidation sites excluding steroid dienone is 12. The number of fused-ring (bicyclic) bond motifs is 4. The third-order valence-corrected chi connectivity index (χ3v) is 18.6. The molecular formula is C37H58OSi2. The summed E-state index contributed by atoms with van der Waals surface area (Å²) in [6.07, 6.45) is 35.7. The summed E-state index contributed by atoms with van der Waals surface area (Å²) >= 11 is 0. The van der Waals surface area contributed by atoms with E-state index < -0.39 is 16.1 Å². The van der Waals surface area contributed by atoms with E-state index in [1.54, 1.807) is 0 Å². The number of unbranched alkanes of at least 4 members (excludes halogenated alkanes) is 3. The lowest BCUT2D eigenvalue weighted by Crippen LogP contribution is -2.45. The van der Waals surface area contributed by atoms with Crippen molar-refractivity contribution in [3.8, 4) is 0 Å². The molecule has 0 amide bonds. The van der Waals surface area contributed by atoms with E-state index in [-0.39, 0.29) is 5.60 Å². The van der Waals surface area contributed by atoms with Crippen LogP contribution in [0.2, 0.25) is 49.4 Å². The lowest BCUT2D eigenvalue weighted by atomic mass is 9.83. The minimum Gasteiger partial charge on any atom is -0.376 e. The molecule has 0 bridgehead atoms. The van der Waals surface area contributed by atoms with Crippen LogP contribution >= 0.6 is 0 Å². The van der Waals surface area contributed by atoms with E-state index in [9.17, 15) is 0 Å². The topological polar surface area (TPSA) is 9.23 Å². The van der Waals surface area contributed by atoms with Crippen LogP contribution in [0.25, 0.3) is 0 Å². The van der Waals surface area contributed by atoms with Crippen LogP contribution in [0.5, 0.6) is 0 Å². The van der Waals surface area contributed by atoms with Gasteiger partial charge in [0.1, 0.15) is 0 Å². The van der Waals surface area contributed by atoms with Gasteiger partial charge in [-0.15, -0.1) is 0 Å². The van der Waals surface area contributed by atoms with Gasteiger partial charge in [0.2, 0.25) is 0 Å². The molecular weight excluding hydrogens is 517 g/mol. The van der Waals surface area contributed by atoms with Gasteiger partial charge in [0.15, 0.2) is 0 Å². The molecule has 0 spiro atoms. The average Bonchev–Trinajstić information content (AvgIpc) is 3.43. The lowest BCUT2D eigenvalue weighted by Gasteiger charge is -2.46. The van der Waals surface area contributed by atoms with Crippen LogP contribution in [-0.4, -0.2) is 28.4 Å². The second-order valence-corrected chi connectivity index (χ2v) is 26.6. The highest BCUT2D eigenvalue weighted by molar-refractivity contribution is 6.82. The Morgan fingerprint density at radius 1 is 0.775 bits per heavy atom. The van der Waals surface area contributed by atoms with Gasteiger partial charge in [-0.25, -0.2) is 0 Å². The molecule has 5 rings (SSSR count). The zero-order valence-corrected chi connectivity index (χ0v) is 28.7. The Hall–Kier alpha value is -1.17. The maximum absolute atomic E-state index is 6.04. The molecule has 0 heterocycles. The Morgan fingerprint density at radius 2 is 1.38 bits per heavy atom. The Kier molecular flexibility index (Phi) is 9.25. The van der Waals surface area contributed by atoms with Gasteiger partial charge < -0.3 is 4.74 Å². The molecule has 2 fully saturated rings. The average molecular weight is 575 g/mol. The molecule has 1 nitrogen and oxygen atoms in total. The maximum atomic E-state index is 6.04. The van der Waals surface area contributed by atoms with Crippen molar-refractivity contribution in [3.05, 3.63) is 72.4 Å². The predicted octanol–water partition coefficient (Wildman–Crippen LogP) is 10.8. The van der Waals surface area contributed by atoms with Crippen LogP contribution < -0.4 is 0 Å². The third kappa shape index (κ3) is 6.57. The van der Waals surface area contributed by atoms with Crippen molar-refractivity contribution in [2.24, 2.45) is 35.5 Å². The van der Waals surface area contributed by atoms with E-state index in [2.05, 4.69) is 114 Å². The molecule has 0 aromatic carbocycles. The van der Waals surface area contributed by atoms with Gasteiger partial charge in [0.25, 0.3) is 0 Å². The van der Waals surface area contributed by atoms with Crippen molar-refractivity contribution in [1.29, 1.82) is 0 Å². The van der Waals surface area contributed by atoms with Crippen molar-refractivity contribution >= 4 is 16.1 Å². The van der Waals surface area contributed by atoms with Gasteiger partial charge >= 0.3 is 0 Å². The Balaban J connectivity index is 1.41. The van der Waals surface area contributed by atoms with Crippen molar-refractivity contribution in [2.45, 2.75) is 114 Å². The molecule has 8 unspecified atom stereocenters. The standard InChI is InChI=1S/C37H58OSi2/c1-37(2,3)38-24-16-8-9-17-25-40(7,35-26-28(27-39(4,5)6)29-18-10-13-21-32(29)35)36-33-22-14-11-19-30(33)31-20-12-15-23-34(31)36/h10-12,14-15,18-23,28-31,33-36H,8-9,13,16-17,24-27H2,1-7H3. The molecule has 0 saturated heterocycles. The predicted molar refractivity (Wildman–Crippen MR) is 180 cm³/mol. The Bertz CT molecular complexity index is 1030. The van der Waals surface area contributed by atoms with Crippen LogP contribution in [0, 0.1) is 35.5 Å². The molecule has 0 radical (unpaired) electrons. The van der Waals surface area contributed by atoms with Gasteiger partial charge in [-0.3, -0.25) is 0 Å². The first-order valence-corrected chi connectivity index (χ1v) is 23.3. The quantitative estimate of drug-likeness (QED) is 0.135. The van der Waals surface area contributed by atoms with Gasteiger partial charge in [-0.05, 0) is 80.7 Å². The molecule has 2 saturated carbocycles. The van der Waals surface area contributed by atoms with E-state index in [1.165, 1.54) is 44.2 Å².